The summed E-state index contributed by atoms with van der Waals surface area (Å²) < 4.78 is 12.9. The highest BCUT2D eigenvalue weighted by molar-refractivity contribution is 6.31. The average Bonchev–Trinajstić information content (AvgIpc) is 2.32. The Labute approximate surface area is 100 Å². The molecular weight excluding hydrogens is 227 g/mol. The number of hydrogen-bond donors (Lipinski definition) is 2. The average molecular weight is 243 g/mol. The molecule has 1 aromatic carbocycles. The van der Waals surface area contributed by atoms with Crippen LogP contribution in [-0.4, -0.2) is 19.6 Å². The van der Waals surface area contributed by atoms with Gasteiger partial charge in [-0.3, -0.25) is 0 Å². The molecule has 0 unspecified atom stereocenters. The molecule has 1 fully saturated rings. The lowest BCUT2D eigenvalue weighted by Crippen LogP contribution is -2.31. The van der Waals surface area contributed by atoms with E-state index in [-0.39, 0.29) is 10.8 Å². The smallest absolute Gasteiger partial charge is 0.141 e. The highest BCUT2D eigenvalue weighted by atomic mass is 35.5. The van der Waals surface area contributed by atoms with Gasteiger partial charge in [-0.05, 0) is 50.0 Å². The van der Waals surface area contributed by atoms with Crippen molar-refractivity contribution in [3.63, 3.8) is 0 Å². The molecule has 88 valence electrons. The minimum absolute atomic E-state index is 0.176. The van der Waals surface area contributed by atoms with Gasteiger partial charge in [-0.1, -0.05) is 11.6 Å². The molecule has 2 N–H and O–H groups in total. The van der Waals surface area contributed by atoms with E-state index in [0.717, 1.165) is 25.3 Å². The molecule has 2 nitrogen and oxygen atoms in total. The van der Waals surface area contributed by atoms with Crippen LogP contribution in [0.1, 0.15) is 12.8 Å². The molecular formula is C12H16ClFN2. The molecule has 0 amide bonds. The number of halogens is 2. The molecule has 0 bridgehead atoms. The van der Waals surface area contributed by atoms with Crippen molar-refractivity contribution in [1.82, 2.24) is 5.32 Å². The zero-order valence-corrected chi connectivity index (χ0v) is 9.86. The maximum absolute atomic E-state index is 12.9. The van der Waals surface area contributed by atoms with Crippen molar-refractivity contribution in [2.45, 2.75) is 12.8 Å². The van der Waals surface area contributed by atoms with E-state index >= 15 is 0 Å². The van der Waals surface area contributed by atoms with Crippen molar-refractivity contribution in [2.24, 2.45) is 5.92 Å². The number of nitrogens with one attached hydrogen (secondary N) is 2. The van der Waals surface area contributed by atoms with E-state index in [2.05, 4.69) is 10.6 Å². The number of piperidine rings is 1. The van der Waals surface area contributed by atoms with Crippen molar-refractivity contribution in [3.05, 3.63) is 29.0 Å². The van der Waals surface area contributed by atoms with Gasteiger partial charge in [0, 0.05) is 12.2 Å². The Kier molecular flexibility index (Phi) is 4.02. The summed E-state index contributed by atoms with van der Waals surface area (Å²) in [5.41, 5.74) is 0.893. The Morgan fingerprint density at radius 2 is 2.12 bits per heavy atom. The van der Waals surface area contributed by atoms with E-state index in [1.807, 2.05) is 0 Å². The Hall–Kier alpha value is -0.800. The van der Waals surface area contributed by atoms with Crippen molar-refractivity contribution in [2.75, 3.05) is 25.0 Å². The Bertz CT molecular complexity index is 351. The Morgan fingerprint density at radius 3 is 2.81 bits per heavy atom. The normalized spacial score (nSPS) is 17.4. The van der Waals surface area contributed by atoms with Crippen molar-refractivity contribution in [3.8, 4) is 0 Å². The SMILES string of the molecule is Fc1ccc(NCC2CCNCC2)cc1Cl. The molecule has 0 spiro atoms. The van der Waals surface area contributed by atoms with Crippen LogP contribution in [0.4, 0.5) is 10.1 Å². The fourth-order valence-corrected chi connectivity index (χ4v) is 2.13. The summed E-state index contributed by atoms with van der Waals surface area (Å²) in [6, 6.07) is 4.76. The largest absolute Gasteiger partial charge is 0.385 e. The van der Waals surface area contributed by atoms with E-state index in [9.17, 15) is 4.39 Å². The molecule has 0 radical (unpaired) electrons. The van der Waals surface area contributed by atoms with E-state index in [4.69, 9.17) is 11.6 Å². The summed E-state index contributed by atoms with van der Waals surface area (Å²) in [6.45, 7) is 3.12. The predicted octanol–water partition coefficient (Wildman–Crippen LogP) is 2.89. The van der Waals surface area contributed by atoms with Crippen LogP contribution in [-0.2, 0) is 0 Å². The van der Waals surface area contributed by atoms with Crippen LogP contribution in [0.15, 0.2) is 18.2 Å². The number of rotatable bonds is 3. The molecule has 1 heterocycles. The van der Waals surface area contributed by atoms with Gasteiger partial charge in [-0.2, -0.15) is 0 Å². The van der Waals surface area contributed by atoms with Gasteiger partial charge in [0.15, 0.2) is 0 Å². The quantitative estimate of drug-likeness (QED) is 0.852. The molecule has 0 aromatic heterocycles. The van der Waals surface area contributed by atoms with Gasteiger partial charge in [0.2, 0.25) is 0 Å². The third-order valence-corrected chi connectivity index (χ3v) is 3.26. The summed E-state index contributed by atoms with van der Waals surface area (Å²) in [5, 5.41) is 6.81. The Balaban J connectivity index is 1.86. The first-order valence-electron chi connectivity index (χ1n) is 5.65. The van der Waals surface area contributed by atoms with E-state index < -0.39 is 0 Å². The number of anilines is 1. The van der Waals surface area contributed by atoms with Crippen LogP contribution < -0.4 is 10.6 Å². The molecule has 2 rings (SSSR count). The van der Waals surface area contributed by atoms with Gasteiger partial charge in [0.1, 0.15) is 5.82 Å². The first-order chi connectivity index (χ1) is 7.75. The van der Waals surface area contributed by atoms with Crippen LogP contribution in [0.5, 0.6) is 0 Å². The molecule has 1 aliphatic rings. The summed E-state index contributed by atoms with van der Waals surface area (Å²) in [6.07, 6.45) is 2.39. The van der Waals surface area contributed by atoms with Crippen LogP contribution >= 0.6 is 11.6 Å². The molecule has 0 aliphatic carbocycles. The summed E-state index contributed by atoms with van der Waals surface area (Å²) in [7, 11) is 0. The second kappa shape index (κ2) is 5.51. The summed E-state index contributed by atoms with van der Waals surface area (Å²) in [5.74, 6) is 0.333. The summed E-state index contributed by atoms with van der Waals surface area (Å²) in [4.78, 5) is 0. The first kappa shape index (κ1) is 11.7. The fourth-order valence-electron chi connectivity index (χ4n) is 1.95. The second-order valence-corrected chi connectivity index (χ2v) is 4.61. The zero-order valence-electron chi connectivity index (χ0n) is 9.10. The lowest BCUT2D eigenvalue weighted by Gasteiger charge is -2.23. The molecule has 16 heavy (non-hydrogen) atoms. The monoisotopic (exact) mass is 242 g/mol. The van der Waals surface area contributed by atoms with Crippen molar-refractivity contribution >= 4 is 17.3 Å². The van der Waals surface area contributed by atoms with Crippen molar-refractivity contribution < 1.29 is 4.39 Å². The maximum atomic E-state index is 12.9. The van der Waals surface area contributed by atoms with E-state index in [1.54, 1.807) is 12.1 Å². The molecule has 0 atom stereocenters. The minimum atomic E-state index is -0.367. The van der Waals surface area contributed by atoms with E-state index in [1.165, 1.54) is 18.9 Å². The molecule has 1 aromatic rings. The Morgan fingerprint density at radius 1 is 1.38 bits per heavy atom. The molecule has 1 saturated heterocycles. The minimum Gasteiger partial charge on any atom is -0.385 e. The number of benzene rings is 1. The third kappa shape index (κ3) is 3.09. The van der Waals surface area contributed by atoms with Gasteiger partial charge in [-0.15, -0.1) is 0 Å². The molecule has 1 aliphatic heterocycles. The number of hydrogen-bond acceptors (Lipinski definition) is 2. The highest BCUT2D eigenvalue weighted by Crippen LogP contribution is 2.20. The van der Waals surface area contributed by atoms with Gasteiger partial charge in [0.25, 0.3) is 0 Å². The highest BCUT2D eigenvalue weighted by Gasteiger charge is 2.12. The van der Waals surface area contributed by atoms with E-state index in [0.29, 0.717) is 5.92 Å². The van der Waals surface area contributed by atoms with Crippen LogP contribution in [0.25, 0.3) is 0 Å². The molecule has 0 saturated carbocycles. The third-order valence-electron chi connectivity index (χ3n) is 2.97. The fraction of sp³-hybridized carbons (Fsp3) is 0.500. The standard InChI is InChI=1S/C12H16ClFN2/c13-11-7-10(1-2-12(11)14)16-8-9-3-5-15-6-4-9/h1-2,7,9,15-16H,3-6,8H2. The van der Waals surface area contributed by atoms with Gasteiger partial charge in [-0.25, -0.2) is 4.39 Å². The maximum Gasteiger partial charge on any atom is 0.141 e. The predicted molar refractivity (Wildman–Crippen MR) is 65.5 cm³/mol. The lowest BCUT2D eigenvalue weighted by molar-refractivity contribution is 0.390. The molecule has 4 heteroatoms. The van der Waals surface area contributed by atoms with Crippen LogP contribution in [0.3, 0.4) is 0 Å². The van der Waals surface area contributed by atoms with Crippen molar-refractivity contribution in [1.29, 1.82) is 0 Å². The van der Waals surface area contributed by atoms with Gasteiger partial charge < -0.3 is 10.6 Å². The lowest BCUT2D eigenvalue weighted by atomic mass is 9.98. The second-order valence-electron chi connectivity index (χ2n) is 4.20. The summed E-state index contributed by atoms with van der Waals surface area (Å²) >= 11 is 5.71. The first-order valence-corrected chi connectivity index (χ1v) is 6.03. The topological polar surface area (TPSA) is 24.1 Å². The zero-order chi connectivity index (χ0) is 11.4. The van der Waals surface area contributed by atoms with Crippen LogP contribution in [0, 0.1) is 11.7 Å². The van der Waals surface area contributed by atoms with Gasteiger partial charge in [0.05, 0.1) is 5.02 Å². The van der Waals surface area contributed by atoms with Gasteiger partial charge >= 0.3 is 0 Å². The van der Waals surface area contributed by atoms with Crippen LogP contribution in [0.2, 0.25) is 5.02 Å².